The number of rotatable bonds is 4. The van der Waals surface area contributed by atoms with Crippen LogP contribution in [0.25, 0.3) is 0 Å². The second-order valence-electron chi connectivity index (χ2n) is 6.99. The van der Waals surface area contributed by atoms with Gasteiger partial charge in [0.05, 0.1) is 11.5 Å². The van der Waals surface area contributed by atoms with Gasteiger partial charge in [-0.3, -0.25) is 0 Å². The quantitative estimate of drug-likeness (QED) is 0.757. The van der Waals surface area contributed by atoms with Gasteiger partial charge in [0.15, 0.2) is 9.84 Å². The largest absolute Gasteiger partial charge is 0.416 e. The predicted molar refractivity (Wildman–Crippen MR) is 97.4 cm³/mol. The molecule has 1 aliphatic carbocycles. The lowest BCUT2D eigenvalue weighted by molar-refractivity contribution is 0.388. The molecule has 4 rings (SSSR count). The van der Waals surface area contributed by atoms with Crippen LogP contribution in [0, 0.1) is 5.92 Å². The summed E-state index contributed by atoms with van der Waals surface area (Å²) in [5, 5.41) is 9.27. The van der Waals surface area contributed by atoms with Crippen molar-refractivity contribution in [2.75, 3.05) is 11.5 Å². The van der Waals surface area contributed by atoms with E-state index in [1.54, 1.807) is 11.8 Å². The SMILES string of the molecule is O=S1(=O)CC[C@@H](Cc2nnc(S[C@@H]3CCCCc4ccccc43)o2)C1. The predicted octanol–water partition coefficient (Wildman–Crippen LogP) is 3.61. The van der Waals surface area contributed by atoms with Crippen LogP contribution in [0.2, 0.25) is 0 Å². The Balaban J connectivity index is 1.45. The first-order valence-corrected chi connectivity index (χ1v) is 11.6. The minimum Gasteiger partial charge on any atom is -0.416 e. The lowest BCUT2D eigenvalue weighted by Crippen LogP contribution is -2.07. The van der Waals surface area contributed by atoms with Crippen LogP contribution in [0.4, 0.5) is 0 Å². The lowest BCUT2D eigenvalue weighted by Gasteiger charge is -2.14. The van der Waals surface area contributed by atoms with E-state index < -0.39 is 9.84 Å². The van der Waals surface area contributed by atoms with Crippen LogP contribution < -0.4 is 0 Å². The normalized spacial score (nSPS) is 25.4. The highest BCUT2D eigenvalue weighted by molar-refractivity contribution is 7.99. The molecular weight excluding hydrogens is 356 g/mol. The summed E-state index contributed by atoms with van der Waals surface area (Å²) in [7, 11) is -2.86. The van der Waals surface area contributed by atoms with Crippen molar-refractivity contribution < 1.29 is 12.8 Å². The van der Waals surface area contributed by atoms with Crippen LogP contribution in [0.1, 0.15) is 48.0 Å². The summed E-state index contributed by atoms with van der Waals surface area (Å²) in [5.41, 5.74) is 2.81. The summed E-state index contributed by atoms with van der Waals surface area (Å²) >= 11 is 1.64. The summed E-state index contributed by atoms with van der Waals surface area (Å²) in [6.07, 6.45) is 5.93. The third-order valence-electron chi connectivity index (χ3n) is 5.05. The van der Waals surface area contributed by atoms with Crippen molar-refractivity contribution in [1.82, 2.24) is 10.2 Å². The Hall–Kier alpha value is -1.34. The molecule has 0 N–H and O–H groups in total. The van der Waals surface area contributed by atoms with Gasteiger partial charge in [-0.2, -0.15) is 0 Å². The summed E-state index contributed by atoms with van der Waals surface area (Å²) < 4.78 is 29.0. The Bertz CT molecular complexity index is 848. The average Bonchev–Trinajstić information content (AvgIpc) is 3.10. The van der Waals surface area contributed by atoms with Crippen molar-refractivity contribution in [2.45, 2.75) is 49.0 Å². The molecular formula is C18H22N2O3S2. The number of fused-ring (bicyclic) bond motifs is 1. The molecule has 0 saturated carbocycles. The summed E-state index contributed by atoms with van der Waals surface area (Å²) in [4.78, 5) is 0. The number of thioether (sulfide) groups is 1. The van der Waals surface area contributed by atoms with Crippen LogP contribution in [0.3, 0.4) is 0 Å². The molecule has 25 heavy (non-hydrogen) atoms. The van der Waals surface area contributed by atoms with Crippen molar-refractivity contribution in [3.05, 3.63) is 41.3 Å². The minimum absolute atomic E-state index is 0.113. The maximum atomic E-state index is 11.6. The van der Waals surface area contributed by atoms with Gasteiger partial charge in [0.2, 0.25) is 5.89 Å². The molecule has 7 heteroatoms. The first-order valence-electron chi connectivity index (χ1n) is 8.86. The zero-order valence-corrected chi connectivity index (χ0v) is 15.7. The number of sulfone groups is 1. The molecule has 5 nitrogen and oxygen atoms in total. The van der Waals surface area contributed by atoms with Gasteiger partial charge in [0, 0.05) is 11.7 Å². The Morgan fingerprint density at radius 2 is 2.04 bits per heavy atom. The molecule has 1 fully saturated rings. The first-order chi connectivity index (χ1) is 12.1. The zero-order valence-electron chi connectivity index (χ0n) is 14.1. The van der Waals surface area contributed by atoms with E-state index in [4.69, 9.17) is 4.42 Å². The molecule has 0 spiro atoms. The first kappa shape index (κ1) is 17.1. The molecule has 134 valence electrons. The van der Waals surface area contributed by atoms with E-state index in [2.05, 4.69) is 34.5 Å². The van der Waals surface area contributed by atoms with Gasteiger partial charge in [-0.1, -0.05) is 42.4 Å². The van der Waals surface area contributed by atoms with E-state index in [9.17, 15) is 8.42 Å². The van der Waals surface area contributed by atoms with Gasteiger partial charge in [0.1, 0.15) is 0 Å². The Morgan fingerprint density at radius 1 is 1.16 bits per heavy atom. The van der Waals surface area contributed by atoms with Gasteiger partial charge >= 0.3 is 0 Å². The molecule has 1 aromatic carbocycles. The number of hydrogen-bond donors (Lipinski definition) is 0. The molecule has 1 saturated heterocycles. The van der Waals surface area contributed by atoms with Crippen molar-refractivity contribution in [3.63, 3.8) is 0 Å². The molecule has 0 amide bonds. The summed E-state index contributed by atoms with van der Waals surface area (Å²) in [5.74, 6) is 1.20. The highest BCUT2D eigenvalue weighted by Gasteiger charge is 2.29. The monoisotopic (exact) mass is 378 g/mol. The van der Waals surface area contributed by atoms with Gasteiger partial charge in [-0.25, -0.2) is 8.42 Å². The van der Waals surface area contributed by atoms with Crippen LogP contribution in [0.5, 0.6) is 0 Å². The van der Waals surface area contributed by atoms with Crippen molar-refractivity contribution in [1.29, 1.82) is 0 Å². The van der Waals surface area contributed by atoms with E-state index in [-0.39, 0.29) is 17.4 Å². The number of aryl methyl sites for hydroxylation is 1. The molecule has 1 aromatic heterocycles. The summed E-state index contributed by atoms with van der Waals surface area (Å²) in [6.45, 7) is 0. The Labute approximate surface area is 152 Å². The Morgan fingerprint density at radius 3 is 2.88 bits per heavy atom. The van der Waals surface area contributed by atoms with Crippen LogP contribution >= 0.6 is 11.8 Å². The van der Waals surface area contributed by atoms with Crippen molar-refractivity contribution >= 4 is 21.6 Å². The fourth-order valence-electron chi connectivity index (χ4n) is 3.77. The third kappa shape index (κ3) is 4.08. The number of hydrogen-bond acceptors (Lipinski definition) is 6. The second-order valence-corrected chi connectivity index (χ2v) is 10.4. The van der Waals surface area contributed by atoms with Crippen LogP contribution in [0.15, 0.2) is 33.9 Å². The van der Waals surface area contributed by atoms with E-state index in [1.165, 1.54) is 24.0 Å². The lowest BCUT2D eigenvalue weighted by atomic mass is 10.0. The molecule has 1 aliphatic heterocycles. The maximum Gasteiger partial charge on any atom is 0.277 e. The van der Waals surface area contributed by atoms with E-state index in [0.717, 1.165) is 12.8 Å². The van der Waals surface area contributed by atoms with Crippen LogP contribution in [-0.2, 0) is 22.7 Å². The molecule has 2 aliphatic rings. The number of aromatic nitrogens is 2. The van der Waals surface area contributed by atoms with Crippen molar-refractivity contribution in [2.24, 2.45) is 5.92 Å². The molecule has 0 bridgehead atoms. The standard InChI is InChI=1S/C18H22N2O3S2/c21-25(22)10-9-13(12-25)11-17-19-20-18(23-17)24-16-8-4-2-6-14-5-1-3-7-15(14)16/h1,3,5,7,13,16H,2,4,6,8-12H2/t13-,16+/m0/s1. The fourth-order valence-corrected chi connectivity index (χ4v) is 6.75. The topological polar surface area (TPSA) is 73.1 Å². The molecule has 0 radical (unpaired) electrons. The molecule has 0 unspecified atom stereocenters. The second kappa shape index (κ2) is 7.11. The Kier molecular flexibility index (Phi) is 4.86. The van der Waals surface area contributed by atoms with Crippen LogP contribution in [-0.4, -0.2) is 30.1 Å². The average molecular weight is 379 g/mol. The molecule has 2 aromatic rings. The number of nitrogens with zero attached hydrogens (tertiary/aromatic N) is 2. The highest BCUT2D eigenvalue weighted by Crippen LogP contribution is 2.42. The minimum atomic E-state index is -2.86. The van der Waals surface area contributed by atoms with Gasteiger partial charge < -0.3 is 4.42 Å². The number of benzene rings is 1. The smallest absolute Gasteiger partial charge is 0.277 e. The van der Waals surface area contributed by atoms with Crippen molar-refractivity contribution in [3.8, 4) is 0 Å². The van der Waals surface area contributed by atoms with Gasteiger partial charge in [-0.05, 0) is 42.7 Å². The maximum absolute atomic E-state index is 11.6. The summed E-state index contributed by atoms with van der Waals surface area (Å²) in [6, 6.07) is 8.62. The van der Waals surface area contributed by atoms with E-state index in [1.807, 2.05) is 0 Å². The highest BCUT2D eigenvalue weighted by atomic mass is 32.2. The zero-order chi connectivity index (χ0) is 17.3. The molecule has 2 atom stereocenters. The van der Waals surface area contributed by atoms with E-state index in [0.29, 0.717) is 29.2 Å². The molecule has 2 heterocycles. The third-order valence-corrected chi connectivity index (χ3v) is 8.02. The van der Waals surface area contributed by atoms with E-state index >= 15 is 0 Å². The van der Waals surface area contributed by atoms with Gasteiger partial charge in [-0.15, -0.1) is 10.2 Å². The van der Waals surface area contributed by atoms with Gasteiger partial charge in [0.25, 0.3) is 5.22 Å². The fraction of sp³-hybridized carbons (Fsp3) is 0.556.